The quantitative estimate of drug-likeness (QED) is 0.321. The molecule has 0 aromatic rings. The van der Waals surface area contributed by atoms with Gasteiger partial charge in [-0.05, 0) is 7.05 Å². The summed E-state index contributed by atoms with van der Waals surface area (Å²) >= 11 is 0. The molecule has 1 aliphatic rings. The van der Waals surface area contributed by atoms with Gasteiger partial charge >= 0.3 is 0 Å². The van der Waals surface area contributed by atoms with Crippen LogP contribution in [0, 0.1) is 0 Å². The summed E-state index contributed by atoms with van der Waals surface area (Å²) in [5.41, 5.74) is 4.50. The van der Waals surface area contributed by atoms with Crippen LogP contribution in [0.15, 0.2) is 0 Å². The summed E-state index contributed by atoms with van der Waals surface area (Å²) in [5, 5.41) is 35.5. The standard InChI is InChI=1S/C6H12O5.CH5N/c7-1-3(8)6-5(10)4(9)2-11-6;1-2/h3-10H,1-2H2;2H2,1H3/t3-,4+,5-,6-;/m1./s1. The van der Waals surface area contributed by atoms with E-state index in [9.17, 15) is 0 Å². The third kappa shape index (κ3) is 3.18. The van der Waals surface area contributed by atoms with Gasteiger partial charge in [-0.25, -0.2) is 0 Å². The van der Waals surface area contributed by atoms with Crippen molar-refractivity contribution in [1.82, 2.24) is 0 Å². The Hall–Kier alpha value is -0.240. The van der Waals surface area contributed by atoms with Gasteiger partial charge in [0, 0.05) is 0 Å². The number of rotatable bonds is 2. The van der Waals surface area contributed by atoms with Gasteiger partial charge in [0.15, 0.2) is 0 Å². The van der Waals surface area contributed by atoms with E-state index in [2.05, 4.69) is 5.73 Å². The maximum Gasteiger partial charge on any atom is 0.114 e. The second-order valence-corrected chi connectivity index (χ2v) is 2.61. The third-order valence-corrected chi connectivity index (χ3v) is 1.76. The van der Waals surface area contributed by atoms with Crippen LogP contribution >= 0.6 is 0 Å². The minimum Gasteiger partial charge on any atom is -0.394 e. The molecule has 0 radical (unpaired) electrons. The van der Waals surface area contributed by atoms with Crippen molar-refractivity contribution in [3.8, 4) is 0 Å². The molecule has 0 amide bonds. The molecule has 0 unspecified atom stereocenters. The SMILES string of the molecule is CN.OC[C@@H](O)[C@H]1OC[C@H](O)[C@H]1O. The van der Waals surface area contributed by atoms with E-state index in [1.165, 1.54) is 7.05 Å². The van der Waals surface area contributed by atoms with Gasteiger partial charge in [0.1, 0.15) is 24.4 Å². The van der Waals surface area contributed by atoms with Crippen molar-refractivity contribution >= 4 is 0 Å². The number of aliphatic hydroxyl groups excluding tert-OH is 4. The predicted octanol–water partition coefficient (Wildman–Crippen LogP) is -2.96. The van der Waals surface area contributed by atoms with Crippen molar-refractivity contribution in [2.24, 2.45) is 5.73 Å². The van der Waals surface area contributed by atoms with Crippen molar-refractivity contribution in [3.63, 3.8) is 0 Å². The number of ether oxygens (including phenoxy) is 1. The molecule has 6 nitrogen and oxygen atoms in total. The Labute approximate surface area is 76.6 Å². The highest BCUT2D eigenvalue weighted by Gasteiger charge is 2.38. The molecule has 0 spiro atoms. The van der Waals surface area contributed by atoms with Crippen molar-refractivity contribution in [2.75, 3.05) is 20.3 Å². The van der Waals surface area contributed by atoms with Crippen LogP contribution in [-0.4, -0.2) is 65.1 Å². The van der Waals surface area contributed by atoms with E-state index in [1.54, 1.807) is 0 Å². The van der Waals surface area contributed by atoms with E-state index < -0.39 is 31.0 Å². The minimum atomic E-state index is -1.12. The van der Waals surface area contributed by atoms with Crippen molar-refractivity contribution in [1.29, 1.82) is 0 Å². The molecular formula is C7H17NO5. The molecule has 4 atom stereocenters. The van der Waals surface area contributed by atoms with E-state index >= 15 is 0 Å². The zero-order valence-electron chi connectivity index (χ0n) is 7.50. The van der Waals surface area contributed by atoms with Crippen LogP contribution in [0.4, 0.5) is 0 Å². The average Bonchev–Trinajstić information content (AvgIpc) is 2.50. The fourth-order valence-corrected chi connectivity index (χ4v) is 1.07. The molecule has 0 saturated carbocycles. The van der Waals surface area contributed by atoms with Gasteiger partial charge in [0.05, 0.1) is 13.2 Å². The molecule has 1 aliphatic heterocycles. The number of hydrogen-bond acceptors (Lipinski definition) is 6. The number of hydrogen-bond donors (Lipinski definition) is 5. The Balaban J connectivity index is 0.000000671. The molecule has 6 N–H and O–H groups in total. The normalized spacial score (nSPS) is 35.1. The molecule has 0 aromatic heterocycles. The van der Waals surface area contributed by atoms with Crippen LogP contribution in [0.3, 0.4) is 0 Å². The lowest BCUT2D eigenvalue weighted by Crippen LogP contribution is -2.40. The largest absolute Gasteiger partial charge is 0.394 e. The van der Waals surface area contributed by atoms with Crippen LogP contribution in [0.2, 0.25) is 0 Å². The average molecular weight is 195 g/mol. The third-order valence-electron chi connectivity index (χ3n) is 1.76. The molecule has 0 bridgehead atoms. The van der Waals surface area contributed by atoms with E-state index in [1.807, 2.05) is 0 Å². The predicted molar refractivity (Wildman–Crippen MR) is 45.0 cm³/mol. The molecule has 1 fully saturated rings. The Kier molecular flexibility index (Phi) is 6.13. The highest BCUT2D eigenvalue weighted by Crippen LogP contribution is 2.16. The molecule has 80 valence electrons. The fraction of sp³-hybridized carbons (Fsp3) is 1.00. The monoisotopic (exact) mass is 195 g/mol. The lowest BCUT2D eigenvalue weighted by Gasteiger charge is -2.18. The molecular weight excluding hydrogens is 178 g/mol. The van der Waals surface area contributed by atoms with Gasteiger partial charge < -0.3 is 30.9 Å². The van der Waals surface area contributed by atoms with Gasteiger partial charge in [-0.15, -0.1) is 0 Å². The van der Waals surface area contributed by atoms with E-state index in [0.29, 0.717) is 0 Å². The van der Waals surface area contributed by atoms with Crippen molar-refractivity contribution in [2.45, 2.75) is 24.4 Å². The van der Waals surface area contributed by atoms with Gasteiger partial charge in [0.25, 0.3) is 0 Å². The highest BCUT2D eigenvalue weighted by molar-refractivity contribution is 4.87. The van der Waals surface area contributed by atoms with Crippen LogP contribution in [0.5, 0.6) is 0 Å². The summed E-state index contributed by atoms with van der Waals surface area (Å²) < 4.78 is 4.82. The zero-order chi connectivity index (χ0) is 10.4. The van der Waals surface area contributed by atoms with E-state index in [0.717, 1.165) is 0 Å². The molecule has 0 aliphatic carbocycles. The lowest BCUT2D eigenvalue weighted by molar-refractivity contribution is -0.0684. The van der Waals surface area contributed by atoms with E-state index in [4.69, 9.17) is 25.2 Å². The molecule has 1 saturated heterocycles. The van der Waals surface area contributed by atoms with Crippen LogP contribution in [-0.2, 0) is 4.74 Å². The zero-order valence-corrected chi connectivity index (χ0v) is 7.50. The first-order chi connectivity index (χ1) is 6.16. The topological polar surface area (TPSA) is 116 Å². The maximum absolute atomic E-state index is 9.11. The summed E-state index contributed by atoms with van der Waals surface area (Å²) in [6.07, 6.45) is -4.05. The Morgan fingerprint density at radius 3 is 2.31 bits per heavy atom. The molecule has 1 heterocycles. The lowest BCUT2D eigenvalue weighted by atomic mass is 10.1. The maximum atomic E-state index is 9.11. The van der Waals surface area contributed by atoms with E-state index in [-0.39, 0.29) is 6.61 Å². The Morgan fingerprint density at radius 1 is 1.46 bits per heavy atom. The van der Waals surface area contributed by atoms with Crippen LogP contribution in [0.1, 0.15) is 0 Å². The summed E-state index contributed by atoms with van der Waals surface area (Å²) in [7, 11) is 1.50. The molecule has 0 aromatic carbocycles. The smallest absolute Gasteiger partial charge is 0.114 e. The van der Waals surface area contributed by atoms with Crippen molar-refractivity contribution < 1.29 is 25.2 Å². The fourth-order valence-electron chi connectivity index (χ4n) is 1.07. The minimum absolute atomic E-state index is 0.00287. The summed E-state index contributed by atoms with van der Waals surface area (Å²) in [4.78, 5) is 0. The molecule has 6 heteroatoms. The number of nitrogens with two attached hydrogens (primary N) is 1. The van der Waals surface area contributed by atoms with Crippen molar-refractivity contribution in [3.05, 3.63) is 0 Å². The Morgan fingerprint density at radius 2 is 2.00 bits per heavy atom. The van der Waals surface area contributed by atoms with Crippen LogP contribution < -0.4 is 5.73 Å². The highest BCUT2D eigenvalue weighted by atomic mass is 16.5. The van der Waals surface area contributed by atoms with Gasteiger partial charge in [-0.3, -0.25) is 0 Å². The first-order valence-corrected chi connectivity index (χ1v) is 4.01. The first kappa shape index (κ1) is 12.8. The van der Waals surface area contributed by atoms with Gasteiger partial charge in [-0.1, -0.05) is 0 Å². The number of aliphatic hydroxyl groups is 4. The van der Waals surface area contributed by atoms with Gasteiger partial charge in [0.2, 0.25) is 0 Å². The molecule has 13 heavy (non-hydrogen) atoms. The summed E-state index contributed by atoms with van der Waals surface area (Å²) in [6.45, 7) is -0.475. The second-order valence-electron chi connectivity index (χ2n) is 2.61. The summed E-state index contributed by atoms with van der Waals surface area (Å²) in [6, 6.07) is 0. The second kappa shape index (κ2) is 6.25. The van der Waals surface area contributed by atoms with Crippen LogP contribution in [0.25, 0.3) is 0 Å². The summed E-state index contributed by atoms with van der Waals surface area (Å²) in [5.74, 6) is 0. The van der Waals surface area contributed by atoms with Gasteiger partial charge in [-0.2, -0.15) is 0 Å². The Bertz CT molecular complexity index is 134. The first-order valence-electron chi connectivity index (χ1n) is 4.01. The molecule has 1 rings (SSSR count).